The third-order valence-corrected chi connectivity index (χ3v) is 3.04. The second-order valence-corrected chi connectivity index (χ2v) is 4.41. The Bertz CT molecular complexity index is 566. The highest BCUT2D eigenvalue weighted by molar-refractivity contribution is 6.42. The average molecular weight is 254 g/mol. The summed E-state index contributed by atoms with van der Waals surface area (Å²) in [4.78, 5) is 10.8. The van der Waals surface area contributed by atoms with Crippen LogP contribution in [0, 0.1) is 0 Å². The van der Waals surface area contributed by atoms with Crippen molar-refractivity contribution in [3.8, 4) is 0 Å². The van der Waals surface area contributed by atoms with Crippen molar-refractivity contribution in [2.45, 2.75) is 6.42 Å². The Morgan fingerprint density at radius 1 is 1.06 bits per heavy atom. The van der Waals surface area contributed by atoms with Crippen LogP contribution in [0.2, 0.25) is 10.0 Å². The fraction of sp³-hybridized carbons (Fsp3) is 0.0833. The molecular weight excluding hydrogens is 245 g/mol. The monoisotopic (exact) mass is 253 g/mol. The molecule has 0 bridgehead atoms. The van der Waals surface area contributed by atoms with Gasteiger partial charge in [-0.25, -0.2) is 0 Å². The first-order chi connectivity index (χ1) is 7.56. The molecule has 0 fully saturated rings. The van der Waals surface area contributed by atoms with Crippen molar-refractivity contribution in [3.05, 3.63) is 45.9 Å². The Hall–Kier alpha value is -1.25. The molecule has 0 heterocycles. The lowest BCUT2D eigenvalue weighted by atomic mass is 10.1. The number of carbonyl (C=O) groups is 1. The van der Waals surface area contributed by atoms with Gasteiger partial charge in [0.15, 0.2) is 0 Å². The minimum absolute atomic E-state index is 0.232. The number of carbonyl (C=O) groups excluding carboxylic acids is 1. The van der Waals surface area contributed by atoms with Gasteiger partial charge in [-0.05, 0) is 28.5 Å². The molecule has 0 saturated carbocycles. The lowest BCUT2D eigenvalue weighted by molar-refractivity contribution is -0.117. The van der Waals surface area contributed by atoms with Crippen LogP contribution >= 0.6 is 23.2 Å². The standard InChI is InChI=1S/C12H9Cl2NO/c13-10-5-8-2-1-7(4-12(15)16)3-9(8)6-11(10)14/h1-3,5-6H,4H2,(H2,15,16). The van der Waals surface area contributed by atoms with E-state index in [0.29, 0.717) is 10.0 Å². The maximum Gasteiger partial charge on any atom is 0.221 e. The lowest BCUT2D eigenvalue weighted by Gasteiger charge is -2.03. The van der Waals surface area contributed by atoms with E-state index < -0.39 is 0 Å². The van der Waals surface area contributed by atoms with Gasteiger partial charge >= 0.3 is 0 Å². The molecule has 0 aromatic heterocycles. The number of amides is 1. The highest BCUT2D eigenvalue weighted by Crippen LogP contribution is 2.28. The van der Waals surface area contributed by atoms with Crippen LogP contribution in [0.1, 0.15) is 5.56 Å². The zero-order valence-electron chi connectivity index (χ0n) is 8.34. The minimum Gasteiger partial charge on any atom is -0.369 e. The smallest absolute Gasteiger partial charge is 0.221 e. The quantitative estimate of drug-likeness (QED) is 0.878. The van der Waals surface area contributed by atoms with Gasteiger partial charge in [-0.15, -0.1) is 0 Å². The van der Waals surface area contributed by atoms with Crippen molar-refractivity contribution in [3.63, 3.8) is 0 Å². The van der Waals surface area contributed by atoms with E-state index >= 15 is 0 Å². The summed E-state index contributed by atoms with van der Waals surface area (Å²) in [6.45, 7) is 0. The molecule has 16 heavy (non-hydrogen) atoms. The first kappa shape index (κ1) is 11.2. The Balaban J connectivity index is 2.53. The van der Waals surface area contributed by atoms with E-state index in [1.165, 1.54) is 0 Å². The molecule has 1 amide bonds. The molecule has 2 aromatic rings. The van der Waals surface area contributed by atoms with E-state index in [4.69, 9.17) is 28.9 Å². The maximum atomic E-state index is 10.8. The summed E-state index contributed by atoms with van der Waals surface area (Å²) in [6, 6.07) is 9.23. The molecule has 0 unspecified atom stereocenters. The van der Waals surface area contributed by atoms with Crippen molar-refractivity contribution in [2.75, 3.05) is 0 Å². The molecule has 0 atom stereocenters. The van der Waals surface area contributed by atoms with Crippen LogP contribution < -0.4 is 5.73 Å². The summed E-state index contributed by atoms with van der Waals surface area (Å²) >= 11 is 11.8. The van der Waals surface area contributed by atoms with Crippen LogP contribution in [0.5, 0.6) is 0 Å². The Morgan fingerprint density at radius 2 is 1.69 bits per heavy atom. The van der Waals surface area contributed by atoms with Gasteiger partial charge in [0.1, 0.15) is 0 Å². The molecule has 0 aliphatic rings. The first-order valence-corrected chi connectivity index (χ1v) is 5.48. The molecule has 2 N–H and O–H groups in total. The van der Waals surface area contributed by atoms with Gasteiger partial charge in [0, 0.05) is 0 Å². The zero-order chi connectivity index (χ0) is 11.7. The fourth-order valence-corrected chi connectivity index (χ4v) is 1.95. The van der Waals surface area contributed by atoms with Gasteiger partial charge in [0.2, 0.25) is 5.91 Å². The number of fused-ring (bicyclic) bond motifs is 1. The third-order valence-electron chi connectivity index (χ3n) is 2.32. The normalized spacial score (nSPS) is 10.6. The van der Waals surface area contributed by atoms with E-state index in [2.05, 4.69) is 0 Å². The number of benzene rings is 2. The van der Waals surface area contributed by atoms with Crippen molar-refractivity contribution in [1.82, 2.24) is 0 Å². The Labute approximate surface area is 103 Å². The average Bonchev–Trinajstić information content (AvgIpc) is 2.19. The minimum atomic E-state index is -0.348. The van der Waals surface area contributed by atoms with Gasteiger partial charge in [-0.2, -0.15) is 0 Å². The molecule has 0 aliphatic heterocycles. The van der Waals surface area contributed by atoms with Gasteiger partial charge < -0.3 is 5.73 Å². The molecule has 4 heteroatoms. The second kappa shape index (κ2) is 4.32. The molecule has 0 aliphatic carbocycles. The van der Waals surface area contributed by atoms with Crippen molar-refractivity contribution >= 4 is 39.9 Å². The van der Waals surface area contributed by atoms with E-state index in [-0.39, 0.29) is 12.3 Å². The predicted octanol–water partition coefficient (Wildman–Crippen LogP) is 3.17. The highest BCUT2D eigenvalue weighted by atomic mass is 35.5. The molecular formula is C12H9Cl2NO. The molecule has 0 radical (unpaired) electrons. The Kier molecular flexibility index (Phi) is 3.03. The summed E-state index contributed by atoms with van der Waals surface area (Å²) in [6.07, 6.45) is 0.232. The van der Waals surface area contributed by atoms with Crippen LogP contribution in [0.4, 0.5) is 0 Å². The molecule has 82 valence electrons. The number of halogens is 2. The number of rotatable bonds is 2. The van der Waals surface area contributed by atoms with Crippen LogP contribution in [-0.2, 0) is 11.2 Å². The van der Waals surface area contributed by atoms with Crippen LogP contribution in [0.15, 0.2) is 30.3 Å². The topological polar surface area (TPSA) is 43.1 Å². The summed E-state index contributed by atoms with van der Waals surface area (Å²) in [5.41, 5.74) is 6.01. The summed E-state index contributed by atoms with van der Waals surface area (Å²) in [5.74, 6) is -0.348. The van der Waals surface area contributed by atoms with Gasteiger partial charge in [-0.3, -0.25) is 4.79 Å². The lowest BCUT2D eigenvalue weighted by Crippen LogP contribution is -2.13. The van der Waals surface area contributed by atoms with E-state index in [9.17, 15) is 4.79 Å². The van der Waals surface area contributed by atoms with Gasteiger partial charge in [0.05, 0.1) is 16.5 Å². The maximum absolute atomic E-state index is 10.8. The van der Waals surface area contributed by atoms with Crippen LogP contribution in [0.25, 0.3) is 10.8 Å². The number of nitrogens with two attached hydrogens (primary N) is 1. The number of primary amides is 1. The number of hydrogen-bond donors (Lipinski definition) is 1. The van der Waals surface area contributed by atoms with Gasteiger partial charge in [0.25, 0.3) is 0 Å². The molecule has 2 nitrogen and oxygen atoms in total. The predicted molar refractivity (Wildman–Crippen MR) is 66.9 cm³/mol. The zero-order valence-corrected chi connectivity index (χ0v) is 9.85. The van der Waals surface area contributed by atoms with Crippen molar-refractivity contribution in [1.29, 1.82) is 0 Å². The molecule has 0 saturated heterocycles. The summed E-state index contributed by atoms with van der Waals surface area (Å²) < 4.78 is 0. The van der Waals surface area contributed by atoms with Crippen molar-refractivity contribution in [2.24, 2.45) is 5.73 Å². The summed E-state index contributed by atoms with van der Waals surface area (Å²) in [5, 5.41) is 2.97. The van der Waals surface area contributed by atoms with E-state index in [1.807, 2.05) is 18.2 Å². The van der Waals surface area contributed by atoms with E-state index in [1.54, 1.807) is 12.1 Å². The SMILES string of the molecule is NC(=O)Cc1ccc2cc(Cl)c(Cl)cc2c1. The van der Waals surface area contributed by atoms with Gasteiger partial charge in [-0.1, -0.05) is 41.4 Å². The first-order valence-electron chi connectivity index (χ1n) is 4.72. The fourth-order valence-electron chi connectivity index (χ4n) is 1.60. The van der Waals surface area contributed by atoms with E-state index in [0.717, 1.165) is 16.3 Å². The number of hydrogen-bond acceptors (Lipinski definition) is 1. The molecule has 0 spiro atoms. The molecule has 2 rings (SSSR count). The third kappa shape index (κ3) is 2.29. The van der Waals surface area contributed by atoms with Crippen LogP contribution in [0.3, 0.4) is 0 Å². The largest absolute Gasteiger partial charge is 0.369 e. The Morgan fingerprint density at radius 3 is 2.31 bits per heavy atom. The van der Waals surface area contributed by atoms with Crippen molar-refractivity contribution < 1.29 is 4.79 Å². The molecule has 2 aromatic carbocycles. The summed E-state index contributed by atoms with van der Waals surface area (Å²) in [7, 11) is 0. The second-order valence-electron chi connectivity index (χ2n) is 3.59. The highest BCUT2D eigenvalue weighted by Gasteiger charge is 2.03. The van der Waals surface area contributed by atoms with Crippen LogP contribution in [-0.4, -0.2) is 5.91 Å².